The lowest BCUT2D eigenvalue weighted by atomic mass is 10.1. The van der Waals surface area contributed by atoms with E-state index in [1.54, 1.807) is 11.3 Å². The molecule has 0 saturated carbocycles. The van der Waals surface area contributed by atoms with Gasteiger partial charge in [-0.25, -0.2) is 4.98 Å². The number of rotatable bonds is 6. The van der Waals surface area contributed by atoms with Crippen molar-refractivity contribution in [3.05, 3.63) is 65.2 Å². The zero-order valence-corrected chi connectivity index (χ0v) is 16.2. The number of aromatic nitrogens is 1. The topological polar surface area (TPSA) is 42.4 Å². The van der Waals surface area contributed by atoms with E-state index in [0.717, 1.165) is 42.9 Å². The number of thiazole rings is 1. The quantitative estimate of drug-likeness (QED) is 0.635. The average molecular weight is 381 g/mol. The smallest absolute Gasteiger partial charge is 0.222 e. The molecule has 0 aliphatic carbocycles. The van der Waals surface area contributed by atoms with Gasteiger partial charge in [0.25, 0.3) is 0 Å². The van der Waals surface area contributed by atoms with Crippen LogP contribution in [0.5, 0.6) is 0 Å². The van der Waals surface area contributed by atoms with Crippen molar-refractivity contribution < 1.29 is 9.53 Å². The number of hydrogen-bond acceptors (Lipinski definition) is 4. The van der Waals surface area contributed by atoms with Gasteiger partial charge >= 0.3 is 0 Å². The molecule has 4 nitrogen and oxygen atoms in total. The molecule has 0 radical (unpaired) electrons. The Morgan fingerprint density at radius 2 is 1.81 bits per heavy atom. The Hall–Kier alpha value is -2.24. The molecule has 2 aromatic carbocycles. The van der Waals surface area contributed by atoms with Crippen molar-refractivity contribution in [1.29, 1.82) is 0 Å². The van der Waals surface area contributed by atoms with Gasteiger partial charge in [-0.2, -0.15) is 0 Å². The summed E-state index contributed by atoms with van der Waals surface area (Å²) >= 11 is 1.69. The molecule has 0 unspecified atom stereocenters. The minimum absolute atomic E-state index is 0.232. The maximum atomic E-state index is 12.5. The third-order valence-corrected chi connectivity index (χ3v) is 6.11. The van der Waals surface area contributed by atoms with E-state index in [1.165, 1.54) is 10.3 Å². The molecule has 2 heterocycles. The molecule has 1 amide bonds. The molecule has 1 aliphatic heterocycles. The maximum Gasteiger partial charge on any atom is 0.222 e. The second-order valence-electron chi connectivity index (χ2n) is 6.95. The van der Waals surface area contributed by atoms with Crippen molar-refractivity contribution in [2.75, 3.05) is 13.1 Å². The van der Waals surface area contributed by atoms with Crippen LogP contribution in [0.3, 0.4) is 0 Å². The summed E-state index contributed by atoms with van der Waals surface area (Å²) < 4.78 is 7.20. The first kappa shape index (κ1) is 18.1. The standard InChI is InChI=1S/C22H24N2O2S/c25-22(11-10-21-23-19-8-4-5-9-20(19)27-21)24-14-12-18(13-15-24)26-16-17-6-2-1-3-7-17/h1-9,18H,10-16H2. The van der Waals surface area contributed by atoms with Gasteiger partial charge in [-0.15, -0.1) is 11.3 Å². The largest absolute Gasteiger partial charge is 0.373 e. The molecule has 0 atom stereocenters. The van der Waals surface area contributed by atoms with E-state index >= 15 is 0 Å². The van der Waals surface area contributed by atoms with E-state index < -0.39 is 0 Å². The van der Waals surface area contributed by atoms with E-state index in [4.69, 9.17) is 4.74 Å². The van der Waals surface area contributed by atoms with E-state index in [2.05, 4.69) is 23.2 Å². The lowest BCUT2D eigenvalue weighted by Crippen LogP contribution is -2.40. The zero-order valence-electron chi connectivity index (χ0n) is 15.3. The van der Waals surface area contributed by atoms with Crippen LogP contribution in [-0.2, 0) is 22.6 Å². The van der Waals surface area contributed by atoms with E-state index in [9.17, 15) is 4.79 Å². The van der Waals surface area contributed by atoms with Crippen LogP contribution in [0.15, 0.2) is 54.6 Å². The van der Waals surface area contributed by atoms with Crippen molar-refractivity contribution in [3.63, 3.8) is 0 Å². The fourth-order valence-corrected chi connectivity index (χ4v) is 4.43. The zero-order chi connectivity index (χ0) is 18.5. The van der Waals surface area contributed by atoms with Gasteiger partial charge in [0, 0.05) is 25.9 Å². The van der Waals surface area contributed by atoms with Gasteiger partial charge in [-0.05, 0) is 30.5 Å². The molecule has 27 heavy (non-hydrogen) atoms. The number of likely N-dealkylation sites (tertiary alicyclic amines) is 1. The molecule has 4 rings (SSSR count). The van der Waals surface area contributed by atoms with Crippen LogP contribution in [0.4, 0.5) is 0 Å². The number of aryl methyl sites for hydroxylation is 1. The van der Waals surface area contributed by atoms with E-state index in [-0.39, 0.29) is 12.0 Å². The summed E-state index contributed by atoms with van der Waals surface area (Å²) in [7, 11) is 0. The van der Waals surface area contributed by atoms with Crippen molar-refractivity contribution in [2.45, 2.75) is 38.4 Å². The molecule has 0 bridgehead atoms. The van der Waals surface area contributed by atoms with Crippen molar-refractivity contribution in [2.24, 2.45) is 0 Å². The Bertz CT molecular complexity index is 852. The van der Waals surface area contributed by atoms with Gasteiger partial charge in [0.2, 0.25) is 5.91 Å². The van der Waals surface area contributed by atoms with Crippen molar-refractivity contribution in [1.82, 2.24) is 9.88 Å². The number of benzene rings is 2. The number of carbonyl (C=O) groups excluding carboxylic acids is 1. The minimum atomic E-state index is 0.232. The highest BCUT2D eigenvalue weighted by Gasteiger charge is 2.23. The minimum Gasteiger partial charge on any atom is -0.373 e. The van der Waals surface area contributed by atoms with Crippen LogP contribution in [0.25, 0.3) is 10.2 Å². The molecule has 5 heteroatoms. The number of para-hydroxylation sites is 1. The first-order valence-electron chi connectivity index (χ1n) is 9.56. The Labute approximate surface area is 163 Å². The van der Waals surface area contributed by atoms with Gasteiger partial charge in [-0.3, -0.25) is 4.79 Å². The van der Waals surface area contributed by atoms with Crippen LogP contribution in [0.2, 0.25) is 0 Å². The van der Waals surface area contributed by atoms with Crippen LogP contribution in [0.1, 0.15) is 29.8 Å². The number of carbonyl (C=O) groups is 1. The second-order valence-corrected chi connectivity index (χ2v) is 8.07. The lowest BCUT2D eigenvalue weighted by molar-refractivity contribution is -0.134. The lowest BCUT2D eigenvalue weighted by Gasteiger charge is -2.32. The molecule has 140 valence electrons. The van der Waals surface area contributed by atoms with Gasteiger partial charge < -0.3 is 9.64 Å². The molecular formula is C22H24N2O2S. The summed E-state index contributed by atoms with van der Waals surface area (Å²) in [5.41, 5.74) is 2.23. The Kier molecular flexibility index (Phi) is 5.80. The third kappa shape index (κ3) is 4.73. The Morgan fingerprint density at radius 1 is 1.07 bits per heavy atom. The molecule has 1 saturated heterocycles. The molecule has 3 aromatic rings. The molecular weight excluding hydrogens is 356 g/mol. The third-order valence-electron chi connectivity index (χ3n) is 5.01. The highest BCUT2D eigenvalue weighted by Crippen LogP contribution is 2.23. The number of piperidine rings is 1. The summed E-state index contributed by atoms with van der Waals surface area (Å²) in [6.07, 6.45) is 3.34. The monoisotopic (exact) mass is 380 g/mol. The summed E-state index contributed by atoms with van der Waals surface area (Å²) in [5.74, 6) is 0.232. The average Bonchev–Trinajstić information content (AvgIpc) is 3.15. The van der Waals surface area contributed by atoms with Crippen molar-refractivity contribution >= 4 is 27.5 Å². The van der Waals surface area contributed by atoms with Crippen LogP contribution in [-0.4, -0.2) is 35.0 Å². The predicted molar refractivity (Wildman–Crippen MR) is 109 cm³/mol. The molecule has 0 spiro atoms. The summed E-state index contributed by atoms with van der Waals surface area (Å²) in [4.78, 5) is 19.1. The summed E-state index contributed by atoms with van der Waals surface area (Å²) in [6, 6.07) is 18.4. The maximum absolute atomic E-state index is 12.5. The fourth-order valence-electron chi connectivity index (χ4n) is 3.46. The van der Waals surface area contributed by atoms with Gasteiger partial charge in [-0.1, -0.05) is 42.5 Å². The molecule has 1 fully saturated rings. The second kappa shape index (κ2) is 8.63. The van der Waals surface area contributed by atoms with E-state index in [1.807, 2.05) is 41.3 Å². The molecule has 1 aromatic heterocycles. The van der Waals surface area contributed by atoms with Crippen molar-refractivity contribution in [3.8, 4) is 0 Å². The summed E-state index contributed by atoms with van der Waals surface area (Å²) in [5, 5.41) is 1.05. The first-order valence-corrected chi connectivity index (χ1v) is 10.4. The Balaban J connectivity index is 1.21. The molecule has 0 N–H and O–H groups in total. The highest BCUT2D eigenvalue weighted by molar-refractivity contribution is 7.18. The molecule has 1 aliphatic rings. The van der Waals surface area contributed by atoms with Gasteiger partial charge in [0.05, 0.1) is 27.9 Å². The number of hydrogen-bond donors (Lipinski definition) is 0. The number of amides is 1. The number of nitrogens with zero attached hydrogens (tertiary/aromatic N) is 2. The summed E-state index contributed by atoms with van der Waals surface area (Å²) in [6.45, 7) is 2.23. The predicted octanol–water partition coefficient (Wildman–Crippen LogP) is 4.44. The number of fused-ring (bicyclic) bond motifs is 1. The van der Waals surface area contributed by atoms with Crippen LogP contribution >= 0.6 is 11.3 Å². The van der Waals surface area contributed by atoms with Crippen LogP contribution in [0, 0.1) is 0 Å². The van der Waals surface area contributed by atoms with Gasteiger partial charge in [0.1, 0.15) is 0 Å². The first-order chi connectivity index (χ1) is 13.3. The Morgan fingerprint density at radius 3 is 2.59 bits per heavy atom. The van der Waals surface area contributed by atoms with Gasteiger partial charge in [0.15, 0.2) is 0 Å². The van der Waals surface area contributed by atoms with E-state index in [0.29, 0.717) is 13.0 Å². The highest BCUT2D eigenvalue weighted by atomic mass is 32.1. The fraction of sp³-hybridized carbons (Fsp3) is 0.364. The van der Waals surface area contributed by atoms with Crippen LogP contribution < -0.4 is 0 Å². The normalized spacial score (nSPS) is 15.3. The number of ether oxygens (including phenoxy) is 1. The SMILES string of the molecule is O=C(CCc1nc2ccccc2s1)N1CCC(OCc2ccccc2)CC1.